The number of imide groups is 1. The summed E-state index contributed by atoms with van der Waals surface area (Å²) < 4.78 is 4.93. The molecule has 0 aliphatic carbocycles. The van der Waals surface area contributed by atoms with Crippen LogP contribution in [-0.4, -0.2) is 34.1 Å². The lowest BCUT2D eigenvalue weighted by molar-refractivity contribution is -0.384. The number of non-ortho nitro benzene ring substituents is 1. The lowest BCUT2D eigenvalue weighted by atomic mass is 9.95. The minimum Gasteiger partial charge on any atom is -0.428 e. The molecule has 1 fully saturated rings. The number of nitrogens with zero attached hydrogens (tertiary/aromatic N) is 3. The van der Waals surface area contributed by atoms with Crippen LogP contribution in [0.25, 0.3) is 0 Å². The second-order valence-electron chi connectivity index (χ2n) is 5.20. The van der Waals surface area contributed by atoms with Gasteiger partial charge in [0, 0.05) is 25.0 Å². The first-order valence-electron chi connectivity index (χ1n) is 7.21. The first-order valence-corrected chi connectivity index (χ1v) is 7.21. The number of rotatable bonds is 5. The van der Waals surface area contributed by atoms with Gasteiger partial charge in [0.2, 0.25) is 0 Å². The number of hydrogen-bond acceptors (Lipinski definition) is 8. The van der Waals surface area contributed by atoms with E-state index in [1.54, 1.807) is 0 Å². The van der Waals surface area contributed by atoms with Gasteiger partial charge in [0.25, 0.3) is 17.5 Å². The Morgan fingerprint density at radius 1 is 1.28 bits per heavy atom. The second-order valence-corrected chi connectivity index (χ2v) is 5.20. The number of hydroxylamine groups is 2. The summed E-state index contributed by atoms with van der Waals surface area (Å²) in [6, 6.07) is 7.15. The smallest absolute Gasteiger partial charge is 0.428 e. The van der Waals surface area contributed by atoms with Crippen molar-refractivity contribution < 1.29 is 28.9 Å². The van der Waals surface area contributed by atoms with Crippen LogP contribution < -0.4 is 0 Å². The average Bonchev–Trinajstić information content (AvgIpc) is 2.88. The Morgan fingerprint density at radius 3 is 2.32 bits per heavy atom. The van der Waals surface area contributed by atoms with Crippen molar-refractivity contribution in [3.8, 4) is 6.07 Å². The van der Waals surface area contributed by atoms with Gasteiger partial charge < -0.3 is 4.74 Å². The van der Waals surface area contributed by atoms with Gasteiger partial charge in [-0.05, 0) is 12.5 Å². The number of hydrogen-bond donors (Lipinski definition) is 0. The van der Waals surface area contributed by atoms with Crippen LogP contribution in [-0.2, 0) is 19.2 Å². The van der Waals surface area contributed by atoms with Crippen LogP contribution in [0.5, 0.6) is 0 Å². The third-order valence-electron chi connectivity index (χ3n) is 3.53. The Labute approximate surface area is 141 Å². The minimum atomic E-state index is -1.29. The number of amides is 2. The normalized spacial score (nSPS) is 16.1. The van der Waals surface area contributed by atoms with Gasteiger partial charge in [-0.3, -0.25) is 24.5 Å². The lowest BCUT2D eigenvalue weighted by Crippen LogP contribution is -2.34. The second kappa shape index (κ2) is 7.39. The summed E-state index contributed by atoms with van der Waals surface area (Å²) in [6.07, 6.45) is -2.37. The molecule has 0 bridgehead atoms. The Kier molecular flexibility index (Phi) is 5.28. The molecule has 2 unspecified atom stereocenters. The summed E-state index contributed by atoms with van der Waals surface area (Å²) in [5, 5.41) is 20.3. The quantitative estimate of drug-likeness (QED) is 0.340. The third kappa shape index (κ3) is 4.08. The van der Waals surface area contributed by atoms with Gasteiger partial charge in [-0.25, -0.2) is 4.79 Å². The van der Waals surface area contributed by atoms with Crippen LogP contribution in [0.2, 0.25) is 0 Å². The summed E-state index contributed by atoms with van der Waals surface area (Å²) >= 11 is 0. The topological polar surface area (TPSA) is 140 Å². The van der Waals surface area contributed by atoms with E-state index in [0.29, 0.717) is 10.6 Å². The van der Waals surface area contributed by atoms with Crippen LogP contribution >= 0.6 is 0 Å². The summed E-state index contributed by atoms with van der Waals surface area (Å²) in [7, 11) is 0. The third-order valence-corrected chi connectivity index (χ3v) is 3.53. The maximum absolute atomic E-state index is 11.7. The molecule has 1 heterocycles. The molecule has 0 spiro atoms. The summed E-state index contributed by atoms with van der Waals surface area (Å²) in [5.41, 5.74) is 0.265. The number of nitriles is 1. The van der Waals surface area contributed by atoms with Gasteiger partial charge >= 0.3 is 6.16 Å². The fourth-order valence-electron chi connectivity index (χ4n) is 2.23. The zero-order valence-corrected chi connectivity index (χ0v) is 13.1. The lowest BCUT2D eigenvalue weighted by Gasteiger charge is -2.19. The van der Waals surface area contributed by atoms with Crippen molar-refractivity contribution in [1.82, 2.24) is 5.06 Å². The molecule has 2 atom stereocenters. The maximum Gasteiger partial charge on any atom is 0.534 e. The van der Waals surface area contributed by atoms with Gasteiger partial charge in [0.15, 0.2) is 0 Å². The van der Waals surface area contributed by atoms with E-state index in [-0.39, 0.29) is 18.5 Å². The van der Waals surface area contributed by atoms with Crippen molar-refractivity contribution in [3.63, 3.8) is 0 Å². The van der Waals surface area contributed by atoms with E-state index in [2.05, 4.69) is 4.84 Å². The van der Waals surface area contributed by atoms with E-state index in [1.807, 2.05) is 6.07 Å². The highest BCUT2D eigenvalue weighted by Gasteiger charge is 2.34. The Bertz CT molecular complexity index is 737. The number of benzene rings is 1. The molecule has 1 aliphatic heterocycles. The molecule has 0 radical (unpaired) electrons. The van der Waals surface area contributed by atoms with Crippen LogP contribution in [0.4, 0.5) is 10.5 Å². The predicted molar refractivity (Wildman–Crippen MR) is 79.6 cm³/mol. The van der Waals surface area contributed by atoms with E-state index in [4.69, 9.17) is 4.74 Å². The molecule has 0 saturated carbocycles. The highest BCUT2D eigenvalue weighted by atomic mass is 16.8. The van der Waals surface area contributed by atoms with E-state index in [1.165, 1.54) is 31.2 Å². The summed E-state index contributed by atoms with van der Waals surface area (Å²) in [4.78, 5) is 49.1. The molecule has 25 heavy (non-hydrogen) atoms. The standard InChI is InChI=1S/C15H13N3O7/c1-9(24-15(21)25-17-13(19)6-7-14(17)20)12(8-16)10-2-4-11(5-3-10)18(22)23/h2-5,9,12H,6-7H2,1H3. The molecule has 1 aliphatic rings. The molecular formula is C15H13N3O7. The monoisotopic (exact) mass is 347 g/mol. The van der Waals surface area contributed by atoms with Crippen molar-refractivity contribution in [2.45, 2.75) is 31.8 Å². The van der Waals surface area contributed by atoms with Gasteiger partial charge in [0.1, 0.15) is 12.0 Å². The van der Waals surface area contributed by atoms with E-state index >= 15 is 0 Å². The number of nitro benzene ring substituents is 1. The van der Waals surface area contributed by atoms with Gasteiger partial charge in [0.05, 0.1) is 11.0 Å². The van der Waals surface area contributed by atoms with Crippen LogP contribution in [0.3, 0.4) is 0 Å². The number of nitro groups is 1. The molecule has 130 valence electrons. The molecule has 2 rings (SSSR count). The van der Waals surface area contributed by atoms with Crippen molar-refractivity contribution >= 4 is 23.7 Å². The van der Waals surface area contributed by atoms with Gasteiger partial charge in [-0.2, -0.15) is 5.26 Å². The van der Waals surface area contributed by atoms with Crippen molar-refractivity contribution in [2.24, 2.45) is 0 Å². The minimum absolute atomic E-state index is 0.0503. The van der Waals surface area contributed by atoms with E-state index in [9.17, 15) is 29.8 Å². The molecule has 0 aromatic heterocycles. The Morgan fingerprint density at radius 2 is 1.84 bits per heavy atom. The first-order chi connectivity index (χ1) is 11.8. The van der Waals surface area contributed by atoms with Crippen LogP contribution in [0, 0.1) is 21.4 Å². The molecule has 10 heteroatoms. The molecular weight excluding hydrogens is 334 g/mol. The van der Waals surface area contributed by atoms with Crippen LogP contribution in [0.15, 0.2) is 24.3 Å². The SMILES string of the molecule is CC(OC(=O)ON1C(=O)CCC1=O)C(C#N)c1ccc([N+](=O)[O-])cc1. The zero-order chi connectivity index (χ0) is 18.6. The average molecular weight is 347 g/mol. The van der Waals surface area contributed by atoms with Crippen molar-refractivity contribution in [3.05, 3.63) is 39.9 Å². The first kappa shape index (κ1) is 17.9. The van der Waals surface area contributed by atoms with Crippen molar-refractivity contribution in [1.29, 1.82) is 5.26 Å². The van der Waals surface area contributed by atoms with Crippen LogP contribution in [0.1, 0.15) is 31.2 Å². The summed E-state index contributed by atoms with van der Waals surface area (Å²) in [6.45, 7) is 1.42. The predicted octanol–water partition coefficient (Wildman–Crippen LogP) is 1.81. The van der Waals surface area contributed by atoms with Gasteiger partial charge in [-0.1, -0.05) is 17.2 Å². The maximum atomic E-state index is 11.7. The highest BCUT2D eigenvalue weighted by Crippen LogP contribution is 2.24. The number of carbonyl (C=O) groups excluding carboxylic acids is 3. The number of carbonyl (C=O) groups is 3. The fourth-order valence-corrected chi connectivity index (χ4v) is 2.23. The fraction of sp³-hybridized carbons (Fsp3) is 0.333. The zero-order valence-electron chi connectivity index (χ0n) is 13.1. The molecule has 1 aromatic rings. The molecule has 1 aromatic carbocycles. The van der Waals surface area contributed by atoms with Gasteiger partial charge in [-0.15, -0.1) is 0 Å². The molecule has 0 N–H and O–H groups in total. The Hall–Kier alpha value is -3.48. The van der Waals surface area contributed by atoms with E-state index < -0.39 is 34.9 Å². The number of ether oxygens (including phenoxy) is 1. The Balaban J connectivity index is 2.02. The van der Waals surface area contributed by atoms with Crippen molar-refractivity contribution in [2.75, 3.05) is 0 Å². The molecule has 10 nitrogen and oxygen atoms in total. The van der Waals surface area contributed by atoms with E-state index in [0.717, 1.165) is 0 Å². The molecule has 2 amide bonds. The highest BCUT2D eigenvalue weighted by molar-refractivity contribution is 6.01. The largest absolute Gasteiger partial charge is 0.534 e. The molecule has 1 saturated heterocycles. The summed E-state index contributed by atoms with van der Waals surface area (Å²) in [5.74, 6) is -2.22.